The van der Waals surface area contributed by atoms with Crippen molar-refractivity contribution in [2.24, 2.45) is 0 Å². The Hall–Kier alpha value is -1.52. The van der Waals surface area contributed by atoms with Gasteiger partial charge in [0.25, 0.3) is 0 Å². The van der Waals surface area contributed by atoms with Crippen LogP contribution < -0.4 is 0 Å². The molecule has 0 aliphatic heterocycles. The summed E-state index contributed by atoms with van der Waals surface area (Å²) in [6.45, 7) is 0.692. The van der Waals surface area contributed by atoms with Gasteiger partial charge in [-0.05, 0) is 54.8 Å². The van der Waals surface area contributed by atoms with Gasteiger partial charge in [0.15, 0.2) is 0 Å². The average molecular weight is 347 g/mol. The highest BCUT2D eigenvalue weighted by Crippen LogP contribution is 2.29. The number of carbonyl (C=O) groups is 1. The Balaban J connectivity index is 1.51. The molecule has 0 bridgehead atoms. The monoisotopic (exact) mass is 346 g/mol. The maximum atomic E-state index is 12.5. The molecule has 1 aliphatic carbocycles. The fourth-order valence-electron chi connectivity index (χ4n) is 2.42. The predicted octanol–water partition coefficient (Wildman–Crippen LogP) is 4.41. The number of halogens is 1. The minimum absolute atomic E-state index is 0.241. The van der Waals surface area contributed by atoms with Gasteiger partial charge in [-0.25, -0.2) is 0 Å². The molecule has 1 aliphatic rings. The number of nitrogens with zero attached hydrogens (tertiary/aromatic N) is 2. The number of carbonyl (C=O) groups excluding carboxylic acids is 1. The third kappa shape index (κ3) is 4.98. The van der Waals surface area contributed by atoms with Crippen molar-refractivity contribution >= 4 is 29.3 Å². The van der Waals surface area contributed by atoms with E-state index in [1.165, 1.54) is 0 Å². The van der Waals surface area contributed by atoms with Crippen LogP contribution in [0.2, 0.25) is 5.02 Å². The Morgan fingerprint density at radius 2 is 1.87 bits per heavy atom. The molecule has 0 unspecified atom stereocenters. The van der Waals surface area contributed by atoms with Gasteiger partial charge in [-0.15, -0.1) is 11.8 Å². The molecule has 0 radical (unpaired) electrons. The molecular weight excluding hydrogens is 328 g/mol. The SMILES string of the molecule is O=C(CCSc1ccc(Cl)cc1)N(Cc1ccncc1)C1CC1. The van der Waals surface area contributed by atoms with Crippen molar-refractivity contribution in [2.75, 3.05) is 5.75 Å². The normalized spacial score (nSPS) is 13.8. The van der Waals surface area contributed by atoms with Crippen LogP contribution in [0.15, 0.2) is 53.7 Å². The first-order valence-corrected chi connectivity index (χ1v) is 9.15. The van der Waals surface area contributed by atoms with Crippen LogP contribution in [0.3, 0.4) is 0 Å². The number of benzene rings is 1. The third-order valence-electron chi connectivity index (χ3n) is 3.81. The standard InChI is InChI=1S/C18H19ClN2OS/c19-15-1-5-17(6-2-15)23-12-9-18(22)21(16-3-4-16)13-14-7-10-20-11-8-14/h1-2,5-8,10-11,16H,3-4,9,12-13H2. The first-order valence-electron chi connectivity index (χ1n) is 7.79. The maximum Gasteiger partial charge on any atom is 0.223 e. The molecule has 1 amide bonds. The molecule has 1 fully saturated rings. The van der Waals surface area contributed by atoms with Gasteiger partial charge in [-0.3, -0.25) is 9.78 Å². The molecule has 120 valence electrons. The molecule has 1 aromatic carbocycles. The van der Waals surface area contributed by atoms with E-state index in [1.807, 2.05) is 41.3 Å². The zero-order valence-corrected chi connectivity index (χ0v) is 14.4. The van der Waals surface area contributed by atoms with Gasteiger partial charge < -0.3 is 4.90 Å². The van der Waals surface area contributed by atoms with E-state index in [2.05, 4.69) is 4.98 Å². The Morgan fingerprint density at radius 1 is 1.17 bits per heavy atom. The molecule has 1 saturated carbocycles. The molecule has 2 aromatic rings. The van der Waals surface area contributed by atoms with Crippen LogP contribution in [-0.2, 0) is 11.3 Å². The molecule has 0 saturated heterocycles. The fourth-order valence-corrected chi connectivity index (χ4v) is 3.39. The van der Waals surface area contributed by atoms with Crippen molar-refractivity contribution in [1.82, 2.24) is 9.88 Å². The van der Waals surface area contributed by atoms with Crippen LogP contribution in [0.5, 0.6) is 0 Å². The summed E-state index contributed by atoms with van der Waals surface area (Å²) in [7, 11) is 0. The Bertz CT molecular complexity index is 644. The second kappa shape index (κ2) is 7.84. The summed E-state index contributed by atoms with van der Waals surface area (Å²) in [5.74, 6) is 1.03. The lowest BCUT2D eigenvalue weighted by molar-refractivity contribution is -0.131. The van der Waals surface area contributed by atoms with E-state index >= 15 is 0 Å². The van der Waals surface area contributed by atoms with Crippen molar-refractivity contribution in [2.45, 2.75) is 36.7 Å². The Labute approximate surface area is 146 Å². The maximum absolute atomic E-state index is 12.5. The number of amides is 1. The highest BCUT2D eigenvalue weighted by molar-refractivity contribution is 7.99. The molecule has 3 rings (SSSR count). The van der Waals surface area contributed by atoms with Gasteiger partial charge in [0.1, 0.15) is 0 Å². The smallest absolute Gasteiger partial charge is 0.223 e. The zero-order chi connectivity index (χ0) is 16.1. The lowest BCUT2D eigenvalue weighted by Gasteiger charge is -2.22. The highest BCUT2D eigenvalue weighted by Gasteiger charge is 2.32. The summed E-state index contributed by atoms with van der Waals surface area (Å²) in [5, 5.41) is 0.739. The average Bonchev–Trinajstić information content (AvgIpc) is 3.40. The van der Waals surface area contributed by atoms with E-state index < -0.39 is 0 Å². The van der Waals surface area contributed by atoms with Crippen LogP contribution in [0.4, 0.5) is 0 Å². The van der Waals surface area contributed by atoms with E-state index in [-0.39, 0.29) is 5.91 Å². The van der Waals surface area contributed by atoms with Crippen LogP contribution in [0.25, 0.3) is 0 Å². The highest BCUT2D eigenvalue weighted by atomic mass is 35.5. The first-order chi connectivity index (χ1) is 11.2. The summed E-state index contributed by atoms with van der Waals surface area (Å²) >= 11 is 7.58. The Kier molecular flexibility index (Phi) is 5.57. The number of aromatic nitrogens is 1. The second-order valence-electron chi connectivity index (χ2n) is 5.66. The molecule has 23 heavy (non-hydrogen) atoms. The van der Waals surface area contributed by atoms with Crippen LogP contribution in [0.1, 0.15) is 24.8 Å². The quantitative estimate of drug-likeness (QED) is 0.696. The largest absolute Gasteiger partial charge is 0.335 e. The van der Waals surface area contributed by atoms with Gasteiger partial charge in [0.2, 0.25) is 5.91 Å². The second-order valence-corrected chi connectivity index (χ2v) is 7.27. The van der Waals surface area contributed by atoms with Crippen LogP contribution in [0, 0.1) is 0 Å². The molecule has 5 heteroatoms. The zero-order valence-electron chi connectivity index (χ0n) is 12.8. The topological polar surface area (TPSA) is 33.2 Å². The number of rotatable bonds is 7. The molecule has 0 N–H and O–H groups in total. The molecule has 1 aromatic heterocycles. The summed E-state index contributed by atoms with van der Waals surface area (Å²) < 4.78 is 0. The van der Waals surface area contributed by atoms with E-state index in [1.54, 1.807) is 24.2 Å². The molecular formula is C18H19ClN2OS. The number of hydrogen-bond acceptors (Lipinski definition) is 3. The molecule has 1 heterocycles. The molecule has 3 nitrogen and oxygen atoms in total. The van der Waals surface area contributed by atoms with E-state index in [9.17, 15) is 4.79 Å². The minimum Gasteiger partial charge on any atom is -0.335 e. The van der Waals surface area contributed by atoms with Crippen molar-refractivity contribution in [1.29, 1.82) is 0 Å². The first kappa shape index (κ1) is 16.3. The van der Waals surface area contributed by atoms with Gasteiger partial charge in [0, 0.05) is 47.1 Å². The lowest BCUT2D eigenvalue weighted by atomic mass is 10.2. The number of thioether (sulfide) groups is 1. The van der Waals surface area contributed by atoms with Crippen LogP contribution in [-0.4, -0.2) is 27.6 Å². The minimum atomic E-state index is 0.241. The molecule has 0 spiro atoms. The lowest BCUT2D eigenvalue weighted by Crippen LogP contribution is -2.32. The van der Waals surface area contributed by atoms with Crippen molar-refractivity contribution in [3.63, 3.8) is 0 Å². The van der Waals surface area contributed by atoms with Gasteiger partial charge in [-0.1, -0.05) is 11.6 Å². The summed E-state index contributed by atoms with van der Waals surface area (Å²) in [6, 6.07) is 12.1. The van der Waals surface area contributed by atoms with Crippen molar-refractivity contribution in [3.8, 4) is 0 Å². The van der Waals surface area contributed by atoms with Gasteiger partial charge in [-0.2, -0.15) is 0 Å². The van der Waals surface area contributed by atoms with Crippen LogP contribution >= 0.6 is 23.4 Å². The summed E-state index contributed by atoms with van der Waals surface area (Å²) in [4.78, 5) is 19.8. The van der Waals surface area contributed by atoms with Gasteiger partial charge in [0.05, 0.1) is 0 Å². The van der Waals surface area contributed by atoms with Crippen molar-refractivity contribution in [3.05, 3.63) is 59.4 Å². The summed E-state index contributed by atoms with van der Waals surface area (Å²) in [5.41, 5.74) is 1.14. The Morgan fingerprint density at radius 3 is 2.52 bits per heavy atom. The van der Waals surface area contributed by atoms with E-state index in [4.69, 9.17) is 11.6 Å². The number of pyridine rings is 1. The third-order valence-corrected chi connectivity index (χ3v) is 5.07. The van der Waals surface area contributed by atoms with Gasteiger partial charge >= 0.3 is 0 Å². The summed E-state index contributed by atoms with van der Waals surface area (Å²) in [6.07, 6.45) is 6.37. The number of hydrogen-bond donors (Lipinski definition) is 0. The molecule has 0 atom stereocenters. The van der Waals surface area contributed by atoms with E-state index in [0.29, 0.717) is 19.0 Å². The van der Waals surface area contributed by atoms with E-state index in [0.717, 1.165) is 34.1 Å². The predicted molar refractivity (Wildman–Crippen MR) is 94.6 cm³/mol. The fraction of sp³-hybridized carbons (Fsp3) is 0.333. The van der Waals surface area contributed by atoms with Crippen molar-refractivity contribution < 1.29 is 4.79 Å².